The van der Waals surface area contributed by atoms with E-state index in [0.717, 1.165) is 18.5 Å². The smallest absolute Gasteiger partial charge is 0.326 e. The van der Waals surface area contributed by atoms with E-state index < -0.39 is 17.9 Å². The van der Waals surface area contributed by atoms with Gasteiger partial charge in [-0.2, -0.15) is 5.10 Å². The van der Waals surface area contributed by atoms with Crippen molar-refractivity contribution < 1.29 is 19.5 Å². The Hall–Kier alpha value is -2.38. The predicted molar refractivity (Wildman–Crippen MR) is 96.0 cm³/mol. The Bertz CT molecular complexity index is 701. The minimum atomic E-state index is -1.10. The molecular formula is C18H28N4O4. The SMILES string of the molecule is CC(=O)NCCN(C(=O)c1cc(C2CC2)n(C(C)(C)C)n1)C(C)C(=O)O. The van der Waals surface area contributed by atoms with Gasteiger partial charge in [-0.05, 0) is 46.6 Å². The molecule has 8 nitrogen and oxygen atoms in total. The molecule has 0 bridgehead atoms. The summed E-state index contributed by atoms with van der Waals surface area (Å²) in [6.45, 7) is 9.19. The number of aliphatic carboxylic acids is 1. The fourth-order valence-corrected chi connectivity index (χ4v) is 2.81. The predicted octanol–water partition coefficient (Wildman–Crippen LogP) is 1.57. The molecule has 144 valence electrons. The number of aromatic nitrogens is 2. The van der Waals surface area contributed by atoms with Gasteiger partial charge in [0.15, 0.2) is 5.69 Å². The van der Waals surface area contributed by atoms with E-state index in [0.29, 0.717) is 5.92 Å². The number of carboxylic acid groups (broad SMARTS) is 1. The molecule has 1 atom stereocenters. The van der Waals surface area contributed by atoms with Crippen molar-refractivity contribution >= 4 is 17.8 Å². The van der Waals surface area contributed by atoms with Crippen LogP contribution in [-0.2, 0) is 15.1 Å². The van der Waals surface area contributed by atoms with E-state index in [4.69, 9.17) is 0 Å². The first-order chi connectivity index (χ1) is 12.0. The maximum absolute atomic E-state index is 13.0. The Morgan fingerprint density at radius 3 is 2.46 bits per heavy atom. The highest BCUT2D eigenvalue weighted by Crippen LogP contribution is 2.41. The number of nitrogens with one attached hydrogen (secondary N) is 1. The average molecular weight is 364 g/mol. The highest BCUT2D eigenvalue weighted by atomic mass is 16.4. The number of nitrogens with zero attached hydrogens (tertiary/aromatic N) is 3. The van der Waals surface area contributed by atoms with Gasteiger partial charge >= 0.3 is 5.97 Å². The maximum Gasteiger partial charge on any atom is 0.326 e. The lowest BCUT2D eigenvalue weighted by molar-refractivity contribution is -0.141. The van der Waals surface area contributed by atoms with Crippen molar-refractivity contribution in [1.29, 1.82) is 0 Å². The summed E-state index contributed by atoms with van der Waals surface area (Å²) < 4.78 is 1.87. The van der Waals surface area contributed by atoms with Crippen molar-refractivity contribution in [1.82, 2.24) is 20.0 Å². The van der Waals surface area contributed by atoms with E-state index in [1.807, 2.05) is 25.5 Å². The van der Waals surface area contributed by atoms with E-state index in [9.17, 15) is 19.5 Å². The highest BCUT2D eigenvalue weighted by molar-refractivity contribution is 5.95. The van der Waals surface area contributed by atoms with Crippen LogP contribution in [0.25, 0.3) is 0 Å². The molecule has 1 unspecified atom stereocenters. The van der Waals surface area contributed by atoms with Crippen LogP contribution in [0.1, 0.15) is 69.6 Å². The second-order valence-electron chi connectivity index (χ2n) is 7.81. The summed E-state index contributed by atoms with van der Waals surface area (Å²) in [5, 5.41) is 16.4. The molecule has 1 aliphatic rings. The van der Waals surface area contributed by atoms with Crippen LogP contribution >= 0.6 is 0 Å². The normalized spacial score (nSPS) is 15.4. The van der Waals surface area contributed by atoms with E-state index in [1.54, 1.807) is 6.07 Å². The van der Waals surface area contributed by atoms with Crippen LogP contribution in [0.5, 0.6) is 0 Å². The first-order valence-electron chi connectivity index (χ1n) is 8.91. The molecule has 0 aliphatic heterocycles. The van der Waals surface area contributed by atoms with Crippen LogP contribution in [0, 0.1) is 0 Å². The summed E-state index contributed by atoms with van der Waals surface area (Å²) in [6.07, 6.45) is 2.15. The molecule has 2 N–H and O–H groups in total. The van der Waals surface area contributed by atoms with Crippen molar-refractivity contribution in [2.24, 2.45) is 0 Å². The highest BCUT2D eigenvalue weighted by Gasteiger charge is 2.34. The molecule has 1 saturated carbocycles. The van der Waals surface area contributed by atoms with Crippen LogP contribution in [0.2, 0.25) is 0 Å². The molecule has 0 spiro atoms. The van der Waals surface area contributed by atoms with Gasteiger partial charge in [0.1, 0.15) is 6.04 Å². The molecule has 8 heteroatoms. The van der Waals surface area contributed by atoms with Gasteiger partial charge in [-0.1, -0.05) is 0 Å². The number of hydrogen-bond acceptors (Lipinski definition) is 4. The lowest BCUT2D eigenvalue weighted by Crippen LogP contribution is -2.47. The lowest BCUT2D eigenvalue weighted by Gasteiger charge is -2.26. The van der Waals surface area contributed by atoms with Crippen molar-refractivity contribution in [2.45, 2.75) is 65.0 Å². The molecule has 0 aromatic carbocycles. The number of carboxylic acids is 1. The molecule has 0 radical (unpaired) electrons. The molecule has 1 aromatic rings. The lowest BCUT2D eigenvalue weighted by atomic mass is 10.1. The summed E-state index contributed by atoms with van der Waals surface area (Å²) in [5.74, 6) is -1.35. The van der Waals surface area contributed by atoms with Gasteiger partial charge in [0.25, 0.3) is 5.91 Å². The Balaban J connectivity index is 2.29. The molecule has 1 heterocycles. The summed E-state index contributed by atoms with van der Waals surface area (Å²) in [4.78, 5) is 36.7. The fourth-order valence-electron chi connectivity index (χ4n) is 2.81. The van der Waals surface area contributed by atoms with Gasteiger partial charge in [0.05, 0.1) is 5.54 Å². The second-order valence-corrected chi connectivity index (χ2v) is 7.81. The first-order valence-corrected chi connectivity index (χ1v) is 8.91. The molecule has 2 amide bonds. The Kier molecular flexibility index (Phi) is 5.73. The summed E-state index contributed by atoms with van der Waals surface area (Å²) in [7, 11) is 0. The summed E-state index contributed by atoms with van der Waals surface area (Å²) >= 11 is 0. The molecule has 2 rings (SSSR count). The van der Waals surface area contributed by atoms with E-state index in [1.165, 1.54) is 18.7 Å². The summed E-state index contributed by atoms with van der Waals surface area (Å²) in [5.41, 5.74) is 0.999. The molecule has 1 fully saturated rings. The largest absolute Gasteiger partial charge is 0.480 e. The number of carbonyl (C=O) groups is 3. The number of hydrogen-bond donors (Lipinski definition) is 2. The van der Waals surface area contributed by atoms with Gasteiger partial charge in [-0.3, -0.25) is 14.3 Å². The van der Waals surface area contributed by atoms with E-state index in [-0.39, 0.29) is 30.2 Å². The molecule has 1 aliphatic carbocycles. The maximum atomic E-state index is 13.0. The number of rotatable bonds is 7. The fraction of sp³-hybridized carbons (Fsp3) is 0.667. The minimum Gasteiger partial charge on any atom is -0.480 e. The van der Waals surface area contributed by atoms with Gasteiger partial charge in [-0.25, -0.2) is 4.79 Å². The Morgan fingerprint density at radius 1 is 1.38 bits per heavy atom. The molecule has 26 heavy (non-hydrogen) atoms. The van der Waals surface area contributed by atoms with Gasteiger partial charge in [0.2, 0.25) is 5.91 Å². The van der Waals surface area contributed by atoms with Gasteiger partial charge in [0, 0.05) is 31.6 Å². The van der Waals surface area contributed by atoms with Crippen molar-refractivity contribution in [3.63, 3.8) is 0 Å². The quantitative estimate of drug-likeness (QED) is 0.764. The topological polar surface area (TPSA) is 105 Å². The van der Waals surface area contributed by atoms with Crippen molar-refractivity contribution in [2.75, 3.05) is 13.1 Å². The van der Waals surface area contributed by atoms with Crippen LogP contribution < -0.4 is 5.32 Å². The molecule has 0 saturated heterocycles. The van der Waals surface area contributed by atoms with Crippen LogP contribution in [0.4, 0.5) is 0 Å². The van der Waals surface area contributed by atoms with E-state index >= 15 is 0 Å². The monoisotopic (exact) mass is 364 g/mol. The number of amides is 2. The average Bonchev–Trinajstić information content (AvgIpc) is 3.27. The van der Waals surface area contributed by atoms with Crippen molar-refractivity contribution in [3.05, 3.63) is 17.5 Å². The standard InChI is InChI=1S/C18H28N4O4/c1-11(17(25)26)21(9-8-19-12(2)23)16(24)14-10-15(13-6-7-13)22(20-14)18(3,4)5/h10-11,13H,6-9H2,1-5H3,(H,19,23)(H,25,26). The zero-order valence-electron chi connectivity index (χ0n) is 16.1. The number of carbonyl (C=O) groups excluding carboxylic acids is 2. The zero-order valence-corrected chi connectivity index (χ0v) is 16.1. The van der Waals surface area contributed by atoms with Crippen LogP contribution in [0.3, 0.4) is 0 Å². The Labute approximate surface area is 153 Å². The summed E-state index contributed by atoms with van der Waals surface area (Å²) in [6, 6.07) is 0.769. The minimum absolute atomic E-state index is 0.104. The van der Waals surface area contributed by atoms with Gasteiger partial charge in [-0.15, -0.1) is 0 Å². The third kappa shape index (κ3) is 4.62. The Morgan fingerprint density at radius 2 is 2.00 bits per heavy atom. The van der Waals surface area contributed by atoms with Crippen molar-refractivity contribution in [3.8, 4) is 0 Å². The van der Waals surface area contributed by atoms with Gasteiger partial charge < -0.3 is 15.3 Å². The second kappa shape index (κ2) is 7.47. The van der Waals surface area contributed by atoms with E-state index in [2.05, 4.69) is 10.4 Å². The van der Waals surface area contributed by atoms with Crippen LogP contribution in [0.15, 0.2) is 6.07 Å². The van der Waals surface area contributed by atoms with Crippen LogP contribution in [-0.4, -0.2) is 56.7 Å². The molecule has 1 aromatic heterocycles. The zero-order chi connectivity index (χ0) is 19.6. The third-order valence-electron chi connectivity index (χ3n) is 4.40. The third-order valence-corrected chi connectivity index (χ3v) is 4.40. The first kappa shape index (κ1) is 19.9. The molecular weight excluding hydrogens is 336 g/mol.